The van der Waals surface area contributed by atoms with Gasteiger partial charge in [0, 0.05) is 18.9 Å². The van der Waals surface area contributed by atoms with Crippen molar-refractivity contribution in [1.29, 1.82) is 0 Å². The Morgan fingerprint density at radius 3 is 2.90 bits per heavy atom. The fraction of sp³-hybridized carbons (Fsp3) is 0.588. The lowest BCUT2D eigenvalue weighted by Crippen LogP contribution is -2.46. The van der Waals surface area contributed by atoms with Crippen LogP contribution in [0, 0.1) is 0 Å². The summed E-state index contributed by atoms with van der Waals surface area (Å²) >= 11 is 0. The van der Waals surface area contributed by atoms with Crippen LogP contribution in [-0.2, 0) is 11.2 Å². The van der Waals surface area contributed by atoms with Crippen LogP contribution in [0.25, 0.3) is 0 Å². The van der Waals surface area contributed by atoms with Gasteiger partial charge in [-0.3, -0.25) is 4.79 Å². The van der Waals surface area contributed by atoms with E-state index in [4.69, 9.17) is 9.47 Å². The number of rotatable bonds is 0. The quantitative estimate of drug-likeness (QED) is 0.735. The minimum Gasteiger partial charge on any atom is -0.454 e. The third-order valence-electron chi connectivity index (χ3n) is 5.98. The number of amides is 1. The highest BCUT2D eigenvalue weighted by molar-refractivity contribution is 5.80. The van der Waals surface area contributed by atoms with Crippen LogP contribution in [0.15, 0.2) is 12.1 Å². The third-order valence-corrected chi connectivity index (χ3v) is 5.98. The first kappa shape index (κ1) is 11.9. The summed E-state index contributed by atoms with van der Waals surface area (Å²) in [4.78, 5) is 14.5. The average Bonchev–Trinajstić information content (AvgIpc) is 3.16. The molecule has 3 aliphatic heterocycles. The first-order valence-corrected chi connectivity index (χ1v) is 8.01. The summed E-state index contributed by atoms with van der Waals surface area (Å²) in [7, 11) is 0. The molecule has 4 nitrogen and oxygen atoms in total. The second kappa shape index (κ2) is 3.93. The largest absolute Gasteiger partial charge is 0.454 e. The Kier molecular flexibility index (Phi) is 2.23. The zero-order chi connectivity index (χ0) is 14.0. The maximum atomic E-state index is 12.3. The highest BCUT2D eigenvalue weighted by Gasteiger charge is 2.54. The van der Waals surface area contributed by atoms with Gasteiger partial charge >= 0.3 is 0 Å². The molecule has 0 bridgehead atoms. The van der Waals surface area contributed by atoms with Gasteiger partial charge in [0.15, 0.2) is 11.5 Å². The van der Waals surface area contributed by atoms with E-state index < -0.39 is 0 Å². The number of nitrogens with zero attached hydrogens (tertiary/aromatic N) is 1. The van der Waals surface area contributed by atoms with Gasteiger partial charge in [0.05, 0.1) is 5.54 Å². The third kappa shape index (κ3) is 1.43. The van der Waals surface area contributed by atoms with Crippen molar-refractivity contribution in [3.05, 3.63) is 23.3 Å². The summed E-state index contributed by atoms with van der Waals surface area (Å²) in [5.74, 6) is 2.59. The maximum absolute atomic E-state index is 12.3. The van der Waals surface area contributed by atoms with Crippen LogP contribution in [0.4, 0.5) is 0 Å². The normalized spacial score (nSPS) is 32.7. The monoisotopic (exact) mass is 285 g/mol. The van der Waals surface area contributed by atoms with E-state index in [1.54, 1.807) is 0 Å². The average molecular weight is 285 g/mol. The molecule has 2 fully saturated rings. The number of carbonyl (C=O) groups is 1. The smallest absolute Gasteiger partial charge is 0.231 e. The van der Waals surface area contributed by atoms with Crippen LogP contribution in [0.5, 0.6) is 11.5 Å². The topological polar surface area (TPSA) is 38.8 Å². The molecular formula is C17H19NO3. The molecule has 1 spiro atoms. The Morgan fingerprint density at radius 2 is 2.00 bits per heavy atom. The number of ether oxygens (including phenoxy) is 2. The predicted octanol–water partition coefficient (Wildman–Crippen LogP) is 2.60. The van der Waals surface area contributed by atoms with Crippen molar-refractivity contribution in [2.24, 2.45) is 0 Å². The zero-order valence-electron chi connectivity index (χ0n) is 12.1. The standard InChI is InChI=1S/C17H19NO3/c19-16-3-6-17-5-1-2-13(17)12-9-15-14(20-10-21-15)8-11(12)4-7-18(16)17/h8-9,13H,1-7,10H2/t13-,17+/m0/s1. The second-order valence-corrected chi connectivity index (χ2v) is 6.75. The minimum atomic E-state index is 0.0933. The van der Waals surface area contributed by atoms with Gasteiger partial charge in [0.2, 0.25) is 12.7 Å². The summed E-state index contributed by atoms with van der Waals surface area (Å²) in [5.41, 5.74) is 2.86. The van der Waals surface area contributed by atoms with Crippen LogP contribution in [0.3, 0.4) is 0 Å². The number of hydrogen-bond acceptors (Lipinski definition) is 3. The van der Waals surface area contributed by atoms with E-state index in [1.165, 1.54) is 24.0 Å². The van der Waals surface area contributed by atoms with Gasteiger partial charge in [0.1, 0.15) is 0 Å². The van der Waals surface area contributed by atoms with Crippen LogP contribution < -0.4 is 9.47 Å². The highest BCUT2D eigenvalue weighted by atomic mass is 16.7. The van der Waals surface area contributed by atoms with Gasteiger partial charge in [-0.15, -0.1) is 0 Å². The summed E-state index contributed by atoms with van der Waals surface area (Å²) in [6.07, 6.45) is 6.28. The molecule has 0 unspecified atom stereocenters. The molecule has 0 N–H and O–H groups in total. The maximum Gasteiger partial charge on any atom is 0.231 e. The molecule has 4 heteroatoms. The molecule has 1 saturated carbocycles. The summed E-state index contributed by atoms with van der Waals surface area (Å²) < 4.78 is 11.1. The minimum absolute atomic E-state index is 0.0933. The lowest BCUT2D eigenvalue weighted by atomic mass is 9.79. The van der Waals surface area contributed by atoms with Crippen molar-refractivity contribution in [3.63, 3.8) is 0 Å². The molecule has 1 amide bonds. The fourth-order valence-electron chi connectivity index (χ4n) is 5.08. The van der Waals surface area contributed by atoms with E-state index in [0.717, 1.165) is 43.7 Å². The second-order valence-electron chi connectivity index (χ2n) is 6.75. The van der Waals surface area contributed by atoms with Gasteiger partial charge in [-0.25, -0.2) is 0 Å². The predicted molar refractivity (Wildman–Crippen MR) is 76.5 cm³/mol. The molecule has 1 aromatic carbocycles. The zero-order valence-corrected chi connectivity index (χ0v) is 12.1. The Morgan fingerprint density at radius 1 is 1.14 bits per heavy atom. The molecule has 0 aromatic heterocycles. The van der Waals surface area contributed by atoms with Crippen LogP contribution in [0.2, 0.25) is 0 Å². The first-order valence-electron chi connectivity index (χ1n) is 8.01. The molecule has 2 atom stereocenters. The van der Waals surface area contributed by atoms with Crippen LogP contribution in [-0.4, -0.2) is 29.7 Å². The SMILES string of the molecule is O=C1CC[C@]23CCC[C@H]2c2cc4c(cc2CCN13)OCO4. The lowest BCUT2D eigenvalue weighted by molar-refractivity contribution is -0.131. The molecule has 110 valence electrons. The van der Waals surface area contributed by atoms with Gasteiger partial charge in [-0.1, -0.05) is 6.42 Å². The van der Waals surface area contributed by atoms with Gasteiger partial charge in [0.25, 0.3) is 0 Å². The molecule has 0 radical (unpaired) electrons. The van der Waals surface area contributed by atoms with E-state index in [1.807, 2.05) is 0 Å². The lowest BCUT2D eigenvalue weighted by Gasteiger charge is -2.39. The fourth-order valence-corrected chi connectivity index (χ4v) is 5.08. The Labute approximate surface area is 124 Å². The molecular weight excluding hydrogens is 266 g/mol. The van der Waals surface area contributed by atoms with Crippen molar-refractivity contribution in [3.8, 4) is 11.5 Å². The molecule has 1 saturated heterocycles. The molecule has 5 rings (SSSR count). The van der Waals surface area contributed by atoms with Gasteiger partial charge in [-0.05, 0) is 48.9 Å². The summed E-state index contributed by atoms with van der Waals surface area (Å²) in [5, 5.41) is 0. The van der Waals surface area contributed by atoms with E-state index in [0.29, 0.717) is 18.6 Å². The highest BCUT2D eigenvalue weighted by Crippen LogP contribution is 2.55. The van der Waals surface area contributed by atoms with Crippen LogP contribution >= 0.6 is 0 Å². The van der Waals surface area contributed by atoms with Crippen molar-refractivity contribution >= 4 is 5.91 Å². The Balaban J connectivity index is 1.68. The first-order chi connectivity index (χ1) is 10.3. The van der Waals surface area contributed by atoms with E-state index >= 15 is 0 Å². The van der Waals surface area contributed by atoms with Crippen molar-refractivity contribution in [1.82, 2.24) is 4.90 Å². The Hall–Kier alpha value is -1.71. The van der Waals surface area contributed by atoms with Crippen molar-refractivity contribution in [2.75, 3.05) is 13.3 Å². The van der Waals surface area contributed by atoms with Crippen molar-refractivity contribution in [2.45, 2.75) is 50.0 Å². The molecule has 3 heterocycles. The van der Waals surface area contributed by atoms with E-state index in [2.05, 4.69) is 17.0 Å². The number of carbonyl (C=O) groups excluding carboxylic acids is 1. The van der Waals surface area contributed by atoms with Gasteiger partial charge in [-0.2, -0.15) is 0 Å². The van der Waals surface area contributed by atoms with Crippen molar-refractivity contribution < 1.29 is 14.3 Å². The van der Waals surface area contributed by atoms with Crippen LogP contribution in [0.1, 0.15) is 49.1 Å². The summed E-state index contributed by atoms with van der Waals surface area (Å²) in [6.45, 7) is 1.20. The molecule has 21 heavy (non-hydrogen) atoms. The molecule has 1 aromatic rings. The van der Waals surface area contributed by atoms with Gasteiger partial charge < -0.3 is 14.4 Å². The van der Waals surface area contributed by atoms with E-state index in [-0.39, 0.29) is 5.54 Å². The van der Waals surface area contributed by atoms with E-state index in [9.17, 15) is 4.79 Å². The number of benzene rings is 1. The Bertz CT molecular complexity index is 641. The number of fused-ring (bicyclic) bond motifs is 3. The summed E-state index contributed by atoms with van der Waals surface area (Å²) in [6, 6.07) is 4.35. The molecule has 1 aliphatic carbocycles. The number of hydrogen-bond donors (Lipinski definition) is 0. The molecule has 4 aliphatic rings.